The third-order valence-electron chi connectivity index (χ3n) is 5.48. The summed E-state index contributed by atoms with van der Waals surface area (Å²) in [6.45, 7) is 2.89. The standard InChI is InChI=1S/C19H25FN2O2/c1-13-5-3-4-12-22(13)19(24)16-10-11-17(23)21(2)18(16)14-6-8-15(20)9-7-14/h6-9,13,16,18H,3-5,10-12H2,1-2H3/t13-,16-,18-/m1/s1. The molecule has 2 fully saturated rings. The molecule has 2 aliphatic rings. The quantitative estimate of drug-likeness (QED) is 0.835. The van der Waals surface area contributed by atoms with Crippen LogP contribution in [0.25, 0.3) is 0 Å². The van der Waals surface area contributed by atoms with Gasteiger partial charge >= 0.3 is 0 Å². The normalized spacial score (nSPS) is 28.1. The van der Waals surface area contributed by atoms with E-state index < -0.39 is 0 Å². The first-order valence-electron chi connectivity index (χ1n) is 8.80. The second-order valence-electron chi connectivity index (χ2n) is 7.02. The molecule has 4 nitrogen and oxygen atoms in total. The van der Waals surface area contributed by atoms with Crippen LogP contribution in [-0.2, 0) is 9.59 Å². The lowest BCUT2D eigenvalue weighted by molar-refractivity contribution is -0.148. The largest absolute Gasteiger partial charge is 0.340 e. The molecule has 0 spiro atoms. The van der Waals surface area contributed by atoms with Crippen molar-refractivity contribution in [2.24, 2.45) is 5.92 Å². The highest BCUT2D eigenvalue weighted by molar-refractivity contribution is 5.85. The van der Waals surface area contributed by atoms with Crippen LogP contribution in [0.2, 0.25) is 0 Å². The summed E-state index contributed by atoms with van der Waals surface area (Å²) in [5.41, 5.74) is 0.829. The van der Waals surface area contributed by atoms with Crippen molar-refractivity contribution < 1.29 is 14.0 Å². The van der Waals surface area contributed by atoms with Gasteiger partial charge in [0.25, 0.3) is 0 Å². The van der Waals surface area contributed by atoms with Gasteiger partial charge in [-0.1, -0.05) is 12.1 Å². The van der Waals surface area contributed by atoms with Gasteiger partial charge in [-0.2, -0.15) is 0 Å². The molecule has 130 valence electrons. The molecule has 0 unspecified atom stereocenters. The molecular weight excluding hydrogens is 307 g/mol. The molecule has 2 amide bonds. The molecular formula is C19H25FN2O2. The van der Waals surface area contributed by atoms with Crippen molar-refractivity contribution >= 4 is 11.8 Å². The van der Waals surface area contributed by atoms with Gasteiger partial charge in [0.1, 0.15) is 5.82 Å². The molecule has 3 atom stereocenters. The van der Waals surface area contributed by atoms with E-state index in [1.54, 1.807) is 24.1 Å². The molecule has 0 bridgehead atoms. The maximum atomic E-state index is 13.3. The zero-order chi connectivity index (χ0) is 17.3. The van der Waals surface area contributed by atoms with Gasteiger partial charge in [0.05, 0.1) is 12.0 Å². The molecule has 2 aliphatic heterocycles. The van der Waals surface area contributed by atoms with Gasteiger partial charge in [-0.25, -0.2) is 4.39 Å². The topological polar surface area (TPSA) is 40.6 Å². The predicted octanol–water partition coefficient (Wildman–Crippen LogP) is 3.14. The fourth-order valence-electron chi connectivity index (χ4n) is 4.05. The van der Waals surface area contributed by atoms with Crippen LogP contribution in [0.15, 0.2) is 24.3 Å². The first-order chi connectivity index (χ1) is 11.5. The Bertz CT molecular complexity index is 616. The van der Waals surface area contributed by atoms with Crippen LogP contribution in [0.5, 0.6) is 0 Å². The second kappa shape index (κ2) is 6.91. The average Bonchev–Trinajstić information content (AvgIpc) is 2.58. The minimum atomic E-state index is -0.312. The van der Waals surface area contributed by atoms with E-state index in [4.69, 9.17) is 0 Å². The van der Waals surface area contributed by atoms with Crippen LogP contribution < -0.4 is 0 Å². The van der Waals surface area contributed by atoms with E-state index in [9.17, 15) is 14.0 Å². The molecule has 1 aromatic carbocycles. The number of piperidine rings is 2. The molecule has 3 rings (SSSR count). The number of amides is 2. The van der Waals surface area contributed by atoms with E-state index >= 15 is 0 Å². The molecule has 2 heterocycles. The van der Waals surface area contributed by atoms with E-state index in [0.717, 1.165) is 31.4 Å². The first-order valence-corrected chi connectivity index (χ1v) is 8.80. The zero-order valence-corrected chi connectivity index (χ0v) is 14.4. The van der Waals surface area contributed by atoms with Crippen molar-refractivity contribution in [2.45, 2.75) is 51.1 Å². The number of benzene rings is 1. The predicted molar refractivity (Wildman–Crippen MR) is 89.7 cm³/mol. The number of hydrogen-bond acceptors (Lipinski definition) is 2. The van der Waals surface area contributed by atoms with E-state index in [1.165, 1.54) is 12.1 Å². The molecule has 1 aromatic rings. The van der Waals surface area contributed by atoms with Gasteiger partial charge in [0.15, 0.2) is 0 Å². The lowest BCUT2D eigenvalue weighted by atomic mass is 9.83. The lowest BCUT2D eigenvalue weighted by Gasteiger charge is -2.43. The molecule has 2 saturated heterocycles. The maximum absolute atomic E-state index is 13.3. The molecule has 0 aliphatic carbocycles. The van der Waals surface area contributed by atoms with E-state index in [-0.39, 0.29) is 35.6 Å². The van der Waals surface area contributed by atoms with Crippen molar-refractivity contribution in [3.63, 3.8) is 0 Å². The molecule has 0 aromatic heterocycles. The second-order valence-corrected chi connectivity index (χ2v) is 7.02. The number of carbonyl (C=O) groups is 2. The van der Waals surface area contributed by atoms with Crippen molar-refractivity contribution in [1.29, 1.82) is 0 Å². The molecule has 0 N–H and O–H groups in total. The van der Waals surface area contributed by atoms with Gasteiger partial charge in [-0.3, -0.25) is 9.59 Å². The minimum absolute atomic E-state index is 0.0417. The van der Waals surface area contributed by atoms with Gasteiger partial charge in [0, 0.05) is 26.1 Å². The van der Waals surface area contributed by atoms with Crippen LogP contribution in [-0.4, -0.2) is 41.2 Å². The summed E-state index contributed by atoms with van der Waals surface area (Å²) in [6, 6.07) is 6.11. The van der Waals surface area contributed by atoms with Crippen molar-refractivity contribution in [3.8, 4) is 0 Å². The van der Waals surface area contributed by atoms with E-state index in [1.807, 2.05) is 4.90 Å². The van der Waals surface area contributed by atoms with Crippen LogP contribution in [0.1, 0.15) is 50.6 Å². The monoisotopic (exact) mass is 332 g/mol. The van der Waals surface area contributed by atoms with Gasteiger partial charge in [0.2, 0.25) is 11.8 Å². The summed E-state index contributed by atoms with van der Waals surface area (Å²) in [5, 5.41) is 0. The van der Waals surface area contributed by atoms with Crippen molar-refractivity contribution in [2.75, 3.05) is 13.6 Å². The fourth-order valence-corrected chi connectivity index (χ4v) is 4.05. The maximum Gasteiger partial charge on any atom is 0.228 e. The van der Waals surface area contributed by atoms with Crippen LogP contribution in [0.3, 0.4) is 0 Å². The third kappa shape index (κ3) is 3.17. The number of rotatable bonds is 2. The Kier molecular flexibility index (Phi) is 4.88. The van der Waals surface area contributed by atoms with Crippen molar-refractivity contribution in [3.05, 3.63) is 35.6 Å². The van der Waals surface area contributed by atoms with E-state index in [2.05, 4.69) is 6.92 Å². The Morgan fingerprint density at radius 2 is 1.88 bits per heavy atom. The van der Waals surface area contributed by atoms with Gasteiger partial charge in [-0.15, -0.1) is 0 Å². The molecule has 0 radical (unpaired) electrons. The smallest absolute Gasteiger partial charge is 0.228 e. The highest BCUT2D eigenvalue weighted by Crippen LogP contribution is 2.37. The van der Waals surface area contributed by atoms with Gasteiger partial charge in [-0.05, 0) is 50.3 Å². The zero-order valence-electron chi connectivity index (χ0n) is 14.4. The first kappa shape index (κ1) is 16.9. The summed E-state index contributed by atoms with van der Waals surface area (Å²) < 4.78 is 13.3. The third-order valence-corrected chi connectivity index (χ3v) is 5.48. The number of halogens is 1. The number of carbonyl (C=O) groups excluding carboxylic acids is 2. The fraction of sp³-hybridized carbons (Fsp3) is 0.579. The summed E-state index contributed by atoms with van der Waals surface area (Å²) in [5.74, 6) is -0.384. The van der Waals surface area contributed by atoms with Crippen LogP contribution >= 0.6 is 0 Å². The number of hydrogen-bond donors (Lipinski definition) is 0. The Morgan fingerprint density at radius 1 is 1.17 bits per heavy atom. The molecule has 0 saturated carbocycles. The van der Waals surface area contributed by atoms with Crippen LogP contribution in [0, 0.1) is 11.7 Å². The highest BCUT2D eigenvalue weighted by Gasteiger charge is 2.41. The van der Waals surface area contributed by atoms with Gasteiger partial charge < -0.3 is 9.80 Å². The SMILES string of the molecule is C[C@@H]1CCCCN1C(=O)[C@@H]1CCC(=O)N(C)[C@@H]1c1ccc(F)cc1. The summed E-state index contributed by atoms with van der Waals surface area (Å²) >= 11 is 0. The number of nitrogens with zero attached hydrogens (tertiary/aromatic N) is 2. The summed E-state index contributed by atoms with van der Waals surface area (Å²) in [7, 11) is 1.75. The van der Waals surface area contributed by atoms with E-state index in [0.29, 0.717) is 12.8 Å². The summed E-state index contributed by atoms with van der Waals surface area (Å²) in [4.78, 5) is 29.0. The average molecular weight is 332 g/mol. The summed E-state index contributed by atoms with van der Waals surface area (Å²) in [6.07, 6.45) is 4.20. The Labute approximate surface area is 142 Å². The Morgan fingerprint density at radius 3 is 2.54 bits per heavy atom. The van der Waals surface area contributed by atoms with Crippen molar-refractivity contribution in [1.82, 2.24) is 9.80 Å². The minimum Gasteiger partial charge on any atom is -0.340 e. The molecule has 24 heavy (non-hydrogen) atoms. The highest BCUT2D eigenvalue weighted by atomic mass is 19.1. The number of likely N-dealkylation sites (tertiary alicyclic amines) is 2. The van der Waals surface area contributed by atoms with Crippen LogP contribution in [0.4, 0.5) is 4.39 Å². The molecule has 5 heteroatoms. The lowest BCUT2D eigenvalue weighted by Crippen LogP contribution is -2.51. The Hall–Kier alpha value is -1.91. The Balaban J connectivity index is 1.89.